The summed E-state index contributed by atoms with van der Waals surface area (Å²) in [6.07, 6.45) is -0.764. The van der Waals surface area contributed by atoms with E-state index in [-0.39, 0.29) is 17.8 Å². The van der Waals surface area contributed by atoms with Crippen LogP contribution in [0.1, 0.15) is 24.1 Å². The number of amides is 1. The summed E-state index contributed by atoms with van der Waals surface area (Å²) in [5, 5.41) is 11.9. The van der Waals surface area contributed by atoms with Crippen molar-refractivity contribution in [2.75, 3.05) is 20.6 Å². The van der Waals surface area contributed by atoms with Crippen molar-refractivity contribution in [3.63, 3.8) is 0 Å². The van der Waals surface area contributed by atoms with Gasteiger partial charge in [0.2, 0.25) is 0 Å². The largest absolute Gasteiger partial charge is 0.480 e. The summed E-state index contributed by atoms with van der Waals surface area (Å²) in [5.74, 6) is -0.251. The van der Waals surface area contributed by atoms with Crippen LogP contribution in [-0.4, -0.2) is 37.6 Å². The number of halogens is 1. The van der Waals surface area contributed by atoms with Crippen LogP contribution in [0.2, 0.25) is 0 Å². The number of hydrogen-bond acceptors (Lipinski definition) is 4. The van der Waals surface area contributed by atoms with E-state index in [1.165, 1.54) is 12.1 Å². The molecule has 0 saturated heterocycles. The Morgan fingerprint density at radius 3 is 2.65 bits per heavy atom. The van der Waals surface area contributed by atoms with Crippen molar-refractivity contribution < 1.29 is 13.9 Å². The Bertz CT molecular complexity index is 802. The van der Waals surface area contributed by atoms with Gasteiger partial charge in [0.05, 0.1) is 11.6 Å². The maximum Gasteiger partial charge on any atom is 0.260 e. The number of nitrogens with one attached hydrogen (secondary N) is 1. The molecule has 1 N–H and O–H groups in total. The third kappa shape index (κ3) is 5.04. The van der Waals surface area contributed by atoms with Crippen molar-refractivity contribution in [1.82, 2.24) is 10.2 Å². The third-order valence-electron chi connectivity index (χ3n) is 4.01. The second kappa shape index (κ2) is 8.97. The first-order chi connectivity index (χ1) is 12.4. The van der Waals surface area contributed by atoms with Gasteiger partial charge in [-0.15, -0.1) is 0 Å². The van der Waals surface area contributed by atoms with Gasteiger partial charge in [0, 0.05) is 6.54 Å². The van der Waals surface area contributed by atoms with Crippen LogP contribution in [0.5, 0.6) is 5.75 Å². The molecular weight excluding hydrogens is 333 g/mol. The molecular formula is C20H22FN3O2. The van der Waals surface area contributed by atoms with E-state index in [4.69, 9.17) is 10.00 Å². The number of para-hydroxylation sites is 1. The molecule has 0 radical (unpaired) electrons. The highest BCUT2D eigenvalue weighted by Crippen LogP contribution is 2.20. The van der Waals surface area contributed by atoms with Crippen LogP contribution < -0.4 is 10.1 Å². The molecule has 0 aliphatic rings. The predicted molar refractivity (Wildman–Crippen MR) is 97.1 cm³/mol. The molecule has 2 aromatic carbocycles. The number of benzene rings is 2. The monoisotopic (exact) mass is 355 g/mol. The zero-order valence-electron chi connectivity index (χ0n) is 15.1. The van der Waals surface area contributed by atoms with E-state index >= 15 is 0 Å². The van der Waals surface area contributed by atoms with Crippen molar-refractivity contribution >= 4 is 5.91 Å². The van der Waals surface area contributed by atoms with Gasteiger partial charge in [-0.2, -0.15) is 5.26 Å². The zero-order valence-corrected chi connectivity index (χ0v) is 15.1. The molecule has 0 heterocycles. The van der Waals surface area contributed by atoms with E-state index in [1.54, 1.807) is 37.3 Å². The second-order valence-electron chi connectivity index (χ2n) is 6.15. The first kappa shape index (κ1) is 19.4. The molecule has 0 bridgehead atoms. The summed E-state index contributed by atoms with van der Waals surface area (Å²) in [7, 11) is 3.73. The van der Waals surface area contributed by atoms with Gasteiger partial charge in [-0.3, -0.25) is 4.79 Å². The lowest BCUT2D eigenvalue weighted by atomic mass is 10.1. The molecule has 0 aromatic heterocycles. The molecule has 0 aliphatic heterocycles. The predicted octanol–water partition coefficient (Wildman–Crippen LogP) is 2.88. The molecule has 0 fully saturated rings. The Labute approximate surface area is 153 Å². The fourth-order valence-electron chi connectivity index (χ4n) is 2.56. The number of hydrogen-bond donors (Lipinski definition) is 1. The van der Waals surface area contributed by atoms with Gasteiger partial charge >= 0.3 is 0 Å². The lowest BCUT2D eigenvalue weighted by Crippen LogP contribution is -2.41. The van der Waals surface area contributed by atoms with Gasteiger partial charge < -0.3 is 15.0 Å². The first-order valence-corrected chi connectivity index (χ1v) is 8.27. The highest BCUT2D eigenvalue weighted by Gasteiger charge is 2.20. The minimum absolute atomic E-state index is 0.173. The van der Waals surface area contributed by atoms with Gasteiger partial charge in [0.25, 0.3) is 5.91 Å². The molecule has 5 nitrogen and oxygen atoms in total. The number of ether oxygens (including phenoxy) is 1. The van der Waals surface area contributed by atoms with Crippen LogP contribution >= 0.6 is 0 Å². The van der Waals surface area contributed by atoms with Crippen LogP contribution in [0, 0.1) is 17.1 Å². The first-order valence-electron chi connectivity index (χ1n) is 8.27. The molecule has 2 atom stereocenters. The Kier molecular flexibility index (Phi) is 6.70. The van der Waals surface area contributed by atoms with Crippen LogP contribution in [0.3, 0.4) is 0 Å². The molecule has 136 valence electrons. The maximum atomic E-state index is 13.5. The van der Waals surface area contributed by atoms with Crippen molar-refractivity contribution in [3.05, 3.63) is 65.5 Å². The van der Waals surface area contributed by atoms with Crippen molar-refractivity contribution in [2.45, 2.75) is 19.1 Å². The Hall–Kier alpha value is -2.91. The fourth-order valence-corrected chi connectivity index (χ4v) is 2.56. The highest BCUT2D eigenvalue weighted by atomic mass is 19.1. The number of nitriles is 1. The molecule has 0 saturated carbocycles. The molecule has 2 aromatic rings. The van der Waals surface area contributed by atoms with Gasteiger partial charge in [-0.1, -0.05) is 24.3 Å². The van der Waals surface area contributed by atoms with Crippen molar-refractivity contribution in [3.8, 4) is 11.8 Å². The summed E-state index contributed by atoms with van der Waals surface area (Å²) < 4.78 is 19.1. The zero-order chi connectivity index (χ0) is 19.1. The number of rotatable bonds is 7. The fraction of sp³-hybridized carbons (Fsp3) is 0.300. The second-order valence-corrected chi connectivity index (χ2v) is 6.15. The minimum atomic E-state index is -0.764. The molecule has 1 amide bonds. The Morgan fingerprint density at radius 1 is 1.27 bits per heavy atom. The molecule has 0 spiro atoms. The van der Waals surface area contributed by atoms with E-state index in [0.29, 0.717) is 17.9 Å². The molecule has 2 unspecified atom stereocenters. The summed E-state index contributed by atoms with van der Waals surface area (Å²) >= 11 is 0. The number of carbonyl (C=O) groups is 1. The van der Waals surface area contributed by atoms with Crippen molar-refractivity contribution in [2.24, 2.45) is 0 Å². The van der Waals surface area contributed by atoms with Crippen LogP contribution in [0.25, 0.3) is 0 Å². The van der Waals surface area contributed by atoms with E-state index in [2.05, 4.69) is 5.32 Å². The van der Waals surface area contributed by atoms with Gasteiger partial charge in [-0.25, -0.2) is 4.39 Å². The van der Waals surface area contributed by atoms with Gasteiger partial charge in [-0.05, 0) is 50.8 Å². The standard InChI is InChI=1S/C20H22FN3O2/c1-14(26-19-10-5-4-7-16(19)12-22)20(25)23-13-18(24(2)3)15-8-6-9-17(21)11-15/h4-11,14,18H,13H2,1-3H3,(H,23,25). The summed E-state index contributed by atoms with van der Waals surface area (Å²) in [4.78, 5) is 14.3. The summed E-state index contributed by atoms with van der Waals surface area (Å²) in [5.41, 5.74) is 1.15. The topological polar surface area (TPSA) is 65.4 Å². The minimum Gasteiger partial charge on any atom is -0.480 e. The number of nitrogens with zero attached hydrogens (tertiary/aromatic N) is 2. The molecule has 0 aliphatic carbocycles. The average Bonchev–Trinajstić information content (AvgIpc) is 2.62. The number of carbonyl (C=O) groups excluding carboxylic acids is 1. The van der Waals surface area contributed by atoms with Gasteiger partial charge in [0.15, 0.2) is 6.10 Å². The van der Waals surface area contributed by atoms with Crippen LogP contribution in [0.4, 0.5) is 4.39 Å². The van der Waals surface area contributed by atoms with E-state index in [1.807, 2.05) is 31.1 Å². The third-order valence-corrected chi connectivity index (χ3v) is 4.01. The average molecular weight is 355 g/mol. The summed E-state index contributed by atoms with van der Waals surface area (Å²) in [6, 6.07) is 14.9. The van der Waals surface area contributed by atoms with Crippen LogP contribution in [0.15, 0.2) is 48.5 Å². The quantitative estimate of drug-likeness (QED) is 0.829. The normalized spacial score (nSPS) is 12.9. The Balaban J connectivity index is 2.00. The lowest BCUT2D eigenvalue weighted by molar-refractivity contribution is -0.127. The Morgan fingerprint density at radius 2 is 2.00 bits per heavy atom. The SMILES string of the molecule is CC(Oc1ccccc1C#N)C(=O)NCC(c1cccc(F)c1)N(C)C. The maximum absolute atomic E-state index is 13.5. The van der Waals surface area contributed by atoms with E-state index < -0.39 is 6.10 Å². The molecule has 26 heavy (non-hydrogen) atoms. The number of likely N-dealkylation sites (N-methyl/N-ethyl adjacent to an activating group) is 1. The summed E-state index contributed by atoms with van der Waals surface area (Å²) in [6.45, 7) is 1.93. The molecule has 6 heteroatoms. The van der Waals surface area contributed by atoms with Crippen molar-refractivity contribution in [1.29, 1.82) is 5.26 Å². The van der Waals surface area contributed by atoms with E-state index in [9.17, 15) is 9.18 Å². The lowest BCUT2D eigenvalue weighted by Gasteiger charge is -2.26. The highest BCUT2D eigenvalue weighted by molar-refractivity contribution is 5.80. The van der Waals surface area contributed by atoms with Crippen LogP contribution in [-0.2, 0) is 4.79 Å². The smallest absolute Gasteiger partial charge is 0.260 e. The molecule has 2 rings (SSSR count). The van der Waals surface area contributed by atoms with Gasteiger partial charge in [0.1, 0.15) is 17.6 Å². The van der Waals surface area contributed by atoms with E-state index in [0.717, 1.165) is 5.56 Å².